The summed E-state index contributed by atoms with van der Waals surface area (Å²) in [5.41, 5.74) is 0.333. The van der Waals surface area contributed by atoms with Crippen molar-refractivity contribution in [3.8, 4) is 0 Å². The third-order valence-electron chi connectivity index (χ3n) is 3.89. The Hall–Kier alpha value is -3.55. The van der Waals surface area contributed by atoms with Gasteiger partial charge in [0.05, 0.1) is 5.39 Å². The molecule has 0 aliphatic carbocycles. The minimum Gasteiger partial charge on any atom is -0.451 e. The van der Waals surface area contributed by atoms with Gasteiger partial charge in [-0.2, -0.15) is 5.10 Å². The molecule has 1 aromatic heterocycles. The van der Waals surface area contributed by atoms with Crippen molar-refractivity contribution in [2.45, 2.75) is 6.54 Å². The van der Waals surface area contributed by atoms with Gasteiger partial charge < -0.3 is 10.1 Å². The van der Waals surface area contributed by atoms with Gasteiger partial charge in [-0.05, 0) is 23.8 Å². The van der Waals surface area contributed by atoms with Crippen molar-refractivity contribution in [3.63, 3.8) is 0 Å². The fourth-order valence-corrected chi connectivity index (χ4v) is 2.50. The average Bonchev–Trinajstić information content (AvgIpc) is 2.68. The van der Waals surface area contributed by atoms with Crippen molar-refractivity contribution in [2.75, 3.05) is 6.61 Å². The lowest BCUT2D eigenvalue weighted by Gasteiger charge is -2.09. The Morgan fingerprint density at radius 2 is 1.78 bits per heavy atom. The van der Waals surface area contributed by atoms with Crippen LogP contribution in [0.1, 0.15) is 16.1 Å². The Kier molecular flexibility index (Phi) is 5.25. The molecule has 27 heavy (non-hydrogen) atoms. The van der Waals surface area contributed by atoms with Crippen LogP contribution in [0.2, 0.25) is 0 Å². The standard InChI is InChI=1S/C19H16FN3O4/c1-23-18(25)15-5-3-2-4-14(15)17(22-23)19(26)27-11-16(24)21-10-12-6-8-13(20)9-7-12/h2-9H,10-11H2,1H3,(H,21,24). The van der Waals surface area contributed by atoms with Crippen LogP contribution in [0, 0.1) is 5.82 Å². The molecule has 0 unspecified atom stereocenters. The van der Waals surface area contributed by atoms with Crippen molar-refractivity contribution in [1.29, 1.82) is 0 Å². The van der Waals surface area contributed by atoms with Gasteiger partial charge in [0, 0.05) is 19.0 Å². The monoisotopic (exact) mass is 369 g/mol. The summed E-state index contributed by atoms with van der Waals surface area (Å²) < 4.78 is 18.9. The molecule has 1 N–H and O–H groups in total. The summed E-state index contributed by atoms with van der Waals surface area (Å²) in [5.74, 6) is -1.68. The summed E-state index contributed by atoms with van der Waals surface area (Å²) in [5, 5.41) is 7.21. The minimum atomic E-state index is -0.807. The molecule has 0 atom stereocenters. The first-order chi connectivity index (χ1) is 13.0. The van der Waals surface area contributed by atoms with Gasteiger partial charge in [0.1, 0.15) is 5.82 Å². The number of ether oxygens (including phenoxy) is 1. The van der Waals surface area contributed by atoms with Crippen LogP contribution in [-0.4, -0.2) is 28.3 Å². The van der Waals surface area contributed by atoms with Crippen molar-refractivity contribution in [3.05, 3.63) is 76.0 Å². The molecular formula is C19H16FN3O4. The molecule has 0 bridgehead atoms. The molecule has 8 heteroatoms. The number of aryl methyl sites for hydroxylation is 1. The average molecular weight is 369 g/mol. The zero-order valence-electron chi connectivity index (χ0n) is 14.4. The van der Waals surface area contributed by atoms with E-state index in [-0.39, 0.29) is 23.6 Å². The van der Waals surface area contributed by atoms with E-state index < -0.39 is 18.5 Å². The number of hydrogen-bond acceptors (Lipinski definition) is 5. The summed E-state index contributed by atoms with van der Waals surface area (Å²) >= 11 is 0. The zero-order valence-corrected chi connectivity index (χ0v) is 14.4. The molecule has 0 radical (unpaired) electrons. The minimum absolute atomic E-state index is 0.0426. The first kappa shape index (κ1) is 18.2. The van der Waals surface area contributed by atoms with E-state index in [1.54, 1.807) is 36.4 Å². The third-order valence-corrected chi connectivity index (χ3v) is 3.89. The summed E-state index contributed by atoms with van der Waals surface area (Å²) in [6, 6.07) is 12.2. The van der Waals surface area contributed by atoms with Crippen molar-refractivity contribution in [2.24, 2.45) is 7.05 Å². The largest absolute Gasteiger partial charge is 0.451 e. The molecule has 0 saturated heterocycles. The number of esters is 1. The van der Waals surface area contributed by atoms with E-state index >= 15 is 0 Å². The lowest BCUT2D eigenvalue weighted by atomic mass is 10.1. The van der Waals surface area contributed by atoms with Gasteiger partial charge in [-0.25, -0.2) is 13.9 Å². The summed E-state index contributed by atoms with van der Waals surface area (Å²) in [6.45, 7) is -0.323. The highest BCUT2D eigenvalue weighted by molar-refractivity contribution is 6.02. The number of amides is 1. The number of carbonyl (C=O) groups excluding carboxylic acids is 2. The topological polar surface area (TPSA) is 90.3 Å². The molecule has 0 aliphatic heterocycles. The number of fused-ring (bicyclic) bond motifs is 1. The lowest BCUT2D eigenvalue weighted by Crippen LogP contribution is -2.29. The van der Waals surface area contributed by atoms with Crippen LogP contribution in [-0.2, 0) is 23.1 Å². The number of benzene rings is 2. The van der Waals surface area contributed by atoms with E-state index in [4.69, 9.17) is 4.74 Å². The van der Waals surface area contributed by atoms with Gasteiger partial charge in [-0.1, -0.05) is 30.3 Å². The van der Waals surface area contributed by atoms with Crippen LogP contribution in [0.3, 0.4) is 0 Å². The Morgan fingerprint density at radius 1 is 1.11 bits per heavy atom. The van der Waals surface area contributed by atoms with Crippen LogP contribution in [0.4, 0.5) is 4.39 Å². The molecule has 3 aromatic rings. The molecule has 1 heterocycles. The van der Waals surface area contributed by atoms with Crippen LogP contribution >= 0.6 is 0 Å². The molecule has 7 nitrogen and oxygen atoms in total. The van der Waals surface area contributed by atoms with E-state index in [0.717, 1.165) is 4.68 Å². The number of carbonyl (C=O) groups is 2. The van der Waals surface area contributed by atoms with Gasteiger partial charge >= 0.3 is 5.97 Å². The van der Waals surface area contributed by atoms with E-state index in [1.807, 2.05) is 0 Å². The number of rotatable bonds is 5. The molecule has 0 fully saturated rings. The molecule has 1 amide bonds. The summed E-state index contributed by atoms with van der Waals surface area (Å²) in [6.07, 6.45) is 0. The Morgan fingerprint density at radius 3 is 2.48 bits per heavy atom. The maximum Gasteiger partial charge on any atom is 0.359 e. The van der Waals surface area contributed by atoms with E-state index in [0.29, 0.717) is 16.3 Å². The normalized spacial score (nSPS) is 10.6. The van der Waals surface area contributed by atoms with Crippen LogP contribution < -0.4 is 10.9 Å². The number of halogens is 1. The van der Waals surface area contributed by atoms with Crippen molar-refractivity contribution in [1.82, 2.24) is 15.1 Å². The Bertz CT molecular complexity index is 1060. The van der Waals surface area contributed by atoms with Gasteiger partial charge in [-0.15, -0.1) is 0 Å². The second kappa shape index (κ2) is 7.77. The van der Waals surface area contributed by atoms with Crippen LogP contribution in [0.25, 0.3) is 10.8 Å². The molecule has 2 aromatic carbocycles. The smallest absolute Gasteiger partial charge is 0.359 e. The zero-order chi connectivity index (χ0) is 19.4. The van der Waals surface area contributed by atoms with Crippen LogP contribution in [0.15, 0.2) is 53.3 Å². The number of nitrogens with zero attached hydrogens (tertiary/aromatic N) is 2. The molecule has 0 aliphatic rings. The van der Waals surface area contributed by atoms with Crippen molar-refractivity contribution < 1.29 is 18.7 Å². The predicted molar refractivity (Wildman–Crippen MR) is 95.5 cm³/mol. The van der Waals surface area contributed by atoms with E-state index in [9.17, 15) is 18.8 Å². The fourth-order valence-electron chi connectivity index (χ4n) is 2.50. The highest BCUT2D eigenvalue weighted by atomic mass is 19.1. The van der Waals surface area contributed by atoms with E-state index in [1.165, 1.54) is 19.2 Å². The highest BCUT2D eigenvalue weighted by Gasteiger charge is 2.18. The second-order valence-electron chi connectivity index (χ2n) is 5.80. The molecule has 138 valence electrons. The summed E-state index contributed by atoms with van der Waals surface area (Å²) in [7, 11) is 1.43. The number of aromatic nitrogens is 2. The molecule has 3 rings (SSSR count). The van der Waals surface area contributed by atoms with Gasteiger partial charge in [0.25, 0.3) is 11.5 Å². The Labute approximate surface area is 153 Å². The van der Waals surface area contributed by atoms with Gasteiger partial charge in [-0.3, -0.25) is 9.59 Å². The Balaban J connectivity index is 1.65. The van der Waals surface area contributed by atoms with Gasteiger partial charge in [0.15, 0.2) is 12.3 Å². The first-order valence-electron chi connectivity index (χ1n) is 8.10. The number of nitrogens with one attached hydrogen (secondary N) is 1. The molecule has 0 saturated carbocycles. The first-order valence-corrected chi connectivity index (χ1v) is 8.10. The highest BCUT2D eigenvalue weighted by Crippen LogP contribution is 2.13. The summed E-state index contributed by atoms with van der Waals surface area (Å²) in [4.78, 5) is 36.3. The predicted octanol–water partition coefficient (Wildman–Crippen LogP) is 1.55. The second-order valence-corrected chi connectivity index (χ2v) is 5.80. The van der Waals surface area contributed by atoms with Crippen molar-refractivity contribution >= 4 is 22.6 Å². The fraction of sp³-hybridized carbons (Fsp3) is 0.158. The van der Waals surface area contributed by atoms with E-state index in [2.05, 4.69) is 10.4 Å². The lowest BCUT2D eigenvalue weighted by molar-refractivity contribution is -0.124. The maximum atomic E-state index is 12.8. The molecular weight excluding hydrogens is 353 g/mol. The number of hydrogen-bond donors (Lipinski definition) is 1. The molecule has 0 spiro atoms. The maximum absolute atomic E-state index is 12.8. The SMILES string of the molecule is Cn1nc(C(=O)OCC(=O)NCc2ccc(F)cc2)c2ccccc2c1=O. The quantitative estimate of drug-likeness (QED) is 0.689. The van der Waals surface area contributed by atoms with Gasteiger partial charge in [0.2, 0.25) is 0 Å². The van der Waals surface area contributed by atoms with Crippen LogP contribution in [0.5, 0.6) is 0 Å². The third kappa shape index (κ3) is 4.17.